The quantitative estimate of drug-likeness (QED) is 0.813. The lowest BCUT2D eigenvalue weighted by molar-refractivity contribution is -0.0647. The lowest BCUT2D eigenvalue weighted by Gasteiger charge is -2.39. The first-order valence-electron chi connectivity index (χ1n) is 9.41. The molecule has 4 heterocycles. The van der Waals surface area contributed by atoms with Crippen molar-refractivity contribution in [2.75, 3.05) is 64.1 Å². The highest BCUT2D eigenvalue weighted by Gasteiger charge is 2.30. The van der Waals surface area contributed by atoms with Crippen molar-refractivity contribution >= 4 is 5.82 Å². The van der Waals surface area contributed by atoms with Crippen molar-refractivity contribution in [3.8, 4) is 0 Å². The highest BCUT2D eigenvalue weighted by molar-refractivity contribution is 5.41. The van der Waals surface area contributed by atoms with Gasteiger partial charge in [-0.25, -0.2) is 9.97 Å². The normalized spacial score (nSPS) is 26.8. The van der Waals surface area contributed by atoms with Crippen LogP contribution in [-0.2, 0) is 14.2 Å². The van der Waals surface area contributed by atoms with E-state index in [1.807, 2.05) is 6.92 Å². The van der Waals surface area contributed by atoms with Crippen LogP contribution in [-0.4, -0.2) is 80.1 Å². The highest BCUT2D eigenvalue weighted by atomic mass is 16.5. The van der Waals surface area contributed by atoms with Gasteiger partial charge in [-0.3, -0.25) is 4.90 Å². The predicted octanol–water partition coefficient (Wildman–Crippen LogP) is 1.17. The molecule has 7 heteroatoms. The standard InChI is InChI=1S/C18H28N4O3/c1-14-19-16(12-18(20-14)21-4-9-24-10-5-21)17-13-22(6-11-25-17)15-2-7-23-8-3-15/h12,15,17H,2-11,13H2,1H3/t17-/m0/s1. The van der Waals surface area contributed by atoms with E-state index in [0.717, 1.165) is 89.4 Å². The molecular formula is C18H28N4O3. The number of hydrogen-bond donors (Lipinski definition) is 0. The molecule has 3 fully saturated rings. The summed E-state index contributed by atoms with van der Waals surface area (Å²) in [6, 6.07) is 2.72. The molecule has 0 spiro atoms. The summed E-state index contributed by atoms with van der Waals surface area (Å²) < 4.78 is 17.0. The Labute approximate surface area is 149 Å². The van der Waals surface area contributed by atoms with Crippen LogP contribution in [0.15, 0.2) is 6.07 Å². The van der Waals surface area contributed by atoms with Gasteiger partial charge in [-0.2, -0.15) is 0 Å². The van der Waals surface area contributed by atoms with Gasteiger partial charge < -0.3 is 19.1 Å². The molecule has 25 heavy (non-hydrogen) atoms. The fraction of sp³-hybridized carbons (Fsp3) is 0.778. The Kier molecular flexibility index (Phi) is 5.45. The third kappa shape index (κ3) is 4.11. The average molecular weight is 348 g/mol. The SMILES string of the molecule is Cc1nc([C@@H]2CN(C3CCOCC3)CCO2)cc(N2CCOCC2)n1. The van der Waals surface area contributed by atoms with Crippen LogP contribution in [0.5, 0.6) is 0 Å². The van der Waals surface area contributed by atoms with Crippen LogP contribution in [0.1, 0.15) is 30.5 Å². The first-order chi connectivity index (χ1) is 12.3. The summed E-state index contributed by atoms with van der Waals surface area (Å²) in [5.74, 6) is 1.81. The lowest BCUT2D eigenvalue weighted by atomic mass is 10.0. The molecule has 3 aliphatic heterocycles. The second-order valence-electron chi connectivity index (χ2n) is 7.00. The van der Waals surface area contributed by atoms with Crippen LogP contribution in [0.25, 0.3) is 0 Å². The summed E-state index contributed by atoms with van der Waals surface area (Å²) in [4.78, 5) is 14.2. The first-order valence-corrected chi connectivity index (χ1v) is 9.41. The van der Waals surface area contributed by atoms with Gasteiger partial charge >= 0.3 is 0 Å². The Morgan fingerprint density at radius 1 is 0.960 bits per heavy atom. The Morgan fingerprint density at radius 3 is 2.52 bits per heavy atom. The van der Waals surface area contributed by atoms with Crippen LogP contribution >= 0.6 is 0 Å². The van der Waals surface area contributed by atoms with E-state index in [0.29, 0.717) is 6.04 Å². The van der Waals surface area contributed by atoms with E-state index in [1.165, 1.54) is 0 Å². The topological polar surface area (TPSA) is 60.0 Å². The second kappa shape index (κ2) is 7.95. The van der Waals surface area contributed by atoms with Gasteiger partial charge in [0.1, 0.15) is 17.7 Å². The number of morpholine rings is 2. The molecule has 1 aromatic heterocycles. The molecule has 4 rings (SSSR count). The molecule has 0 saturated carbocycles. The minimum absolute atomic E-state index is 0.0260. The molecule has 0 N–H and O–H groups in total. The van der Waals surface area contributed by atoms with Crippen LogP contribution < -0.4 is 4.90 Å². The number of aryl methyl sites for hydroxylation is 1. The smallest absolute Gasteiger partial charge is 0.132 e. The molecule has 1 aromatic rings. The summed E-state index contributed by atoms with van der Waals surface area (Å²) in [7, 11) is 0. The zero-order valence-electron chi connectivity index (χ0n) is 15.0. The van der Waals surface area contributed by atoms with Crippen LogP contribution in [0.4, 0.5) is 5.82 Å². The molecule has 0 unspecified atom stereocenters. The van der Waals surface area contributed by atoms with E-state index in [-0.39, 0.29) is 6.10 Å². The summed E-state index contributed by atoms with van der Waals surface area (Å²) in [5.41, 5.74) is 1.01. The van der Waals surface area contributed by atoms with E-state index in [4.69, 9.17) is 14.2 Å². The summed E-state index contributed by atoms with van der Waals surface area (Å²) in [6.45, 7) is 9.67. The summed E-state index contributed by atoms with van der Waals surface area (Å²) in [6.07, 6.45) is 2.27. The summed E-state index contributed by atoms with van der Waals surface area (Å²) in [5, 5.41) is 0. The molecule has 0 bridgehead atoms. The minimum Gasteiger partial charge on any atom is -0.381 e. The monoisotopic (exact) mass is 348 g/mol. The molecule has 3 saturated heterocycles. The molecule has 7 nitrogen and oxygen atoms in total. The molecule has 138 valence electrons. The van der Waals surface area contributed by atoms with Gasteiger partial charge in [0.05, 0.1) is 25.5 Å². The van der Waals surface area contributed by atoms with Crippen molar-refractivity contribution in [3.63, 3.8) is 0 Å². The van der Waals surface area contributed by atoms with Crippen molar-refractivity contribution in [3.05, 3.63) is 17.6 Å². The molecule has 1 atom stereocenters. The van der Waals surface area contributed by atoms with E-state index in [9.17, 15) is 0 Å². The van der Waals surface area contributed by atoms with Crippen molar-refractivity contribution in [1.82, 2.24) is 14.9 Å². The molecule has 0 radical (unpaired) electrons. The van der Waals surface area contributed by atoms with Crippen LogP contribution in [0, 0.1) is 6.92 Å². The lowest BCUT2D eigenvalue weighted by Crippen LogP contribution is -2.47. The number of ether oxygens (including phenoxy) is 3. The number of anilines is 1. The minimum atomic E-state index is 0.0260. The second-order valence-corrected chi connectivity index (χ2v) is 7.00. The van der Waals surface area contributed by atoms with Gasteiger partial charge in [0, 0.05) is 51.5 Å². The van der Waals surface area contributed by atoms with Gasteiger partial charge in [0.25, 0.3) is 0 Å². The molecule has 0 aliphatic carbocycles. The third-order valence-electron chi connectivity index (χ3n) is 5.31. The molecule has 0 aromatic carbocycles. The fourth-order valence-corrected chi connectivity index (χ4v) is 3.92. The number of nitrogens with zero attached hydrogens (tertiary/aromatic N) is 4. The molecule has 0 amide bonds. The fourth-order valence-electron chi connectivity index (χ4n) is 3.92. The number of hydrogen-bond acceptors (Lipinski definition) is 7. The third-order valence-corrected chi connectivity index (χ3v) is 5.31. The average Bonchev–Trinajstić information content (AvgIpc) is 2.69. The molecule has 3 aliphatic rings. The maximum atomic E-state index is 6.08. The Morgan fingerprint density at radius 2 is 1.72 bits per heavy atom. The maximum absolute atomic E-state index is 6.08. The zero-order valence-corrected chi connectivity index (χ0v) is 15.0. The Hall–Kier alpha value is -1.28. The zero-order chi connectivity index (χ0) is 17.1. The highest BCUT2D eigenvalue weighted by Crippen LogP contribution is 2.27. The van der Waals surface area contributed by atoms with Crippen LogP contribution in [0.2, 0.25) is 0 Å². The van der Waals surface area contributed by atoms with Crippen molar-refractivity contribution in [1.29, 1.82) is 0 Å². The van der Waals surface area contributed by atoms with E-state index < -0.39 is 0 Å². The van der Waals surface area contributed by atoms with Gasteiger partial charge in [-0.1, -0.05) is 0 Å². The largest absolute Gasteiger partial charge is 0.381 e. The Bertz CT molecular complexity index is 573. The van der Waals surface area contributed by atoms with Gasteiger partial charge in [-0.05, 0) is 19.8 Å². The summed E-state index contributed by atoms with van der Waals surface area (Å²) >= 11 is 0. The van der Waals surface area contributed by atoms with Gasteiger partial charge in [0.15, 0.2) is 0 Å². The maximum Gasteiger partial charge on any atom is 0.132 e. The van der Waals surface area contributed by atoms with Crippen LogP contribution in [0.3, 0.4) is 0 Å². The molecular weight excluding hydrogens is 320 g/mol. The number of aromatic nitrogens is 2. The van der Waals surface area contributed by atoms with E-state index >= 15 is 0 Å². The van der Waals surface area contributed by atoms with E-state index in [2.05, 4.69) is 25.8 Å². The predicted molar refractivity (Wildman–Crippen MR) is 93.9 cm³/mol. The van der Waals surface area contributed by atoms with Gasteiger partial charge in [-0.15, -0.1) is 0 Å². The van der Waals surface area contributed by atoms with Crippen molar-refractivity contribution in [2.24, 2.45) is 0 Å². The number of rotatable bonds is 3. The Balaban J connectivity index is 1.49. The van der Waals surface area contributed by atoms with Crippen molar-refractivity contribution < 1.29 is 14.2 Å². The van der Waals surface area contributed by atoms with Crippen molar-refractivity contribution in [2.45, 2.75) is 31.9 Å². The van der Waals surface area contributed by atoms with E-state index in [1.54, 1.807) is 0 Å². The van der Waals surface area contributed by atoms with Gasteiger partial charge in [0.2, 0.25) is 0 Å². The first kappa shape index (κ1) is 17.1.